The van der Waals surface area contributed by atoms with Crippen LogP contribution in [0.4, 0.5) is 20.2 Å². The van der Waals surface area contributed by atoms with Gasteiger partial charge >= 0.3 is 0 Å². The maximum absolute atomic E-state index is 14.1. The summed E-state index contributed by atoms with van der Waals surface area (Å²) in [5.41, 5.74) is 1.11. The van der Waals surface area contributed by atoms with Crippen LogP contribution in [0.2, 0.25) is 0 Å². The largest absolute Gasteiger partial charge is 0.457 e. The van der Waals surface area contributed by atoms with Crippen LogP contribution in [0.15, 0.2) is 91.0 Å². The highest BCUT2D eigenvalue weighted by Crippen LogP contribution is 2.31. The van der Waals surface area contributed by atoms with E-state index in [9.17, 15) is 18.4 Å². The standard InChI is InChI=1S/C27H20F2N2O3/c1-17-8-2-7-13-25(17)34-20-15-18(30-26(32)21-9-3-5-11-23(21)28)14-19(16-20)31-27(33)22-10-4-6-12-24(22)29/h2-16H,1H3,(H,30,32)(H,31,33). The molecule has 0 bridgehead atoms. The van der Waals surface area contributed by atoms with E-state index in [4.69, 9.17) is 4.74 Å². The number of carbonyl (C=O) groups excluding carboxylic acids is 2. The summed E-state index contributed by atoms with van der Waals surface area (Å²) in [7, 11) is 0. The number of para-hydroxylation sites is 1. The van der Waals surface area contributed by atoms with Gasteiger partial charge in [-0.15, -0.1) is 0 Å². The van der Waals surface area contributed by atoms with Crippen LogP contribution in [-0.2, 0) is 0 Å². The fourth-order valence-corrected chi connectivity index (χ4v) is 3.29. The van der Waals surface area contributed by atoms with Gasteiger partial charge in [0.2, 0.25) is 0 Å². The Morgan fingerprint density at radius 3 is 1.65 bits per heavy atom. The minimum Gasteiger partial charge on any atom is -0.457 e. The predicted molar refractivity (Wildman–Crippen MR) is 126 cm³/mol. The van der Waals surface area contributed by atoms with Crippen LogP contribution < -0.4 is 15.4 Å². The van der Waals surface area contributed by atoms with Gasteiger partial charge in [-0.3, -0.25) is 9.59 Å². The number of hydrogen-bond acceptors (Lipinski definition) is 3. The molecule has 0 saturated heterocycles. The first kappa shape index (κ1) is 22.7. The monoisotopic (exact) mass is 458 g/mol. The Morgan fingerprint density at radius 1 is 0.676 bits per heavy atom. The summed E-state index contributed by atoms with van der Waals surface area (Å²) >= 11 is 0. The SMILES string of the molecule is Cc1ccccc1Oc1cc(NC(=O)c2ccccc2F)cc(NC(=O)c2ccccc2F)c1. The third kappa shape index (κ3) is 5.27. The zero-order valence-electron chi connectivity index (χ0n) is 18.1. The molecule has 34 heavy (non-hydrogen) atoms. The Kier molecular flexibility index (Phi) is 6.64. The molecule has 0 heterocycles. The van der Waals surface area contributed by atoms with Crippen molar-refractivity contribution < 1.29 is 23.1 Å². The van der Waals surface area contributed by atoms with E-state index in [-0.39, 0.29) is 22.5 Å². The van der Waals surface area contributed by atoms with Crippen LogP contribution in [0.25, 0.3) is 0 Å². The first-order chi connectivity index (χ1) is 16.4. The van der Waals surface area contributed by atoms with Crippen molar-refractivity contribution in [2.45, 2.75) is 6.92 Å². The minimum absolute atomic E-state index is 0.135. The topological polar surface area (TPSA) is 67.4 Å². The second-order valence-electron chi connectivity index (χ2n) is 7.48. The van der Waals surface area contributed by atoms with E-state index in [2.05, 4.69) is 10.6 Å². The molecule has 5 nitrogen and oxygen atoms in total. The number of carbonyl (C=O) groups is 2. The Bertz CT molecular complexity index is 1290. The lowest BCUT2D eigenvalue weighted by Gasteiger charge is -2.14. The molecule has 0 aliphatic heterocycles. The molecule has 0 saturated carbocycles. The molecule has 0 aliphatic rings. The molecule has 0 radical (unpaired) electrons. The lowest BCUT2D eigenvalue weighted by Crippen LogP contribution is -2.16. The quantitative estimate of drug-likeness (QED) is 0.343. The fraction of sp³-hybridized carbons (Fsp3) is 0.0370. The summed E-state index contributed by atoms with van der Waals surface area (Å²) in [5, 5.41) is 5.24. The zero-order valence-corrected chi connectivity index (χ0v) is 18.1. The number of benzene rings is 4. The smallest absolute Gasteiger partial charge is 0.258 e. The van der Waals surface area contributed by atoms with E-state index in [0.29, 0.717) is 11.5 Å². The Morgan fingerprint density at radius 2 is 1.15 bits per heavy atom. The molecule has 170 valence electrons. The first-order valence-corrected chi connectivity index (χ1v) is 10.4. The maximum Gasteiger partial charge on any atom is 0.258 e. The highest BCUT2D eigenvalue weighted by atomic mass is 19.1. The highest BCUT2D eigenvalue weighted by Gasteiger charge is 2.15. The normalized spacial score (nSPS) is 10.4. The van der Waals surface area contributed by atoms with Gasteiger partial charge in [0, 0.05) is 23.5 Å². The van der Waals surface area contributed by atoms with E-state index in [1.165, 1.54) is 42.5 Å². The van der Waals surface area contributed by atoms with Crippen molar-refractivity contribution >= 4 is 23.2 Å². The van der Waals surface area contributed by atoms with Crippen LogP contribution in [0, 0.1) is 18.6 Å². The number of aryl methyl sites for hydroxylation is 1. The van der Waals surface area contributed by atoms with Crippen LogP contribution in [0.1, 0.15) is 26.3 Å². The van der Waals surface area contributed by atoms with Crippen LogP contribution >= 0.6 is 0 Å². The van der Waals surface area contributed by atoms with E-state index in [0.717, 1.165) is 5.56 Å². The van der Waals surface area contributed by atoms with Crippen molar-refractivity contribution in [3.8, 4) is 11.5 Å². The summed E-state index contributed by atoms with van der Waals surface area (Å²) in [6.07, 6.45) is 0. The van der Waals surface area contributed by atoms with Crippen LogP contribution in [0.3, 0.4) is 0 Å². The number of hydrogen-bond donors (Lipinski definition) is 2. The van der Waals surface area contributed by atoms with Crippen molar-refractivity contribution in [2.24, 2.45) is 0 Å². The Labute approximate surface area is 195 Å². The summed E-state index contributed by atoms with van der Waals surface area (Å²) in [4.78, 5) is 25.3. The molecule has 2 N–H and O–H groups in total. The van der Waals surface area contributed by atoms with Crippen LogP contribution in [-0.4, -0.2) is 11.8 Å². The molecule has 4 aromatic rings. The third-order valence-electron chi connectivity index (χ3n) is 4.98. The van der Waals surface area contributed by atoms with Crippen molar-refractivity contribution in [1.82, 2.24) is 0 Å². The van der Waals surface area contributed by atoms with Gasteiger partial charge in [0.1, 0.15) is 23.1 Å². The van der Waals surface area contributed by atoms with E-state index in [1.807, 2.05) is 25.1 Å². The molecule has 7 heteroatoms. The van der Waals surface area contributed by atoms with Gasteiger partial charge in [0.05, 0.1) is 11.1 Å². The third-order valence-corrected chi connectivity index (χ3v) is 4.98. The lowest BCUT2D eigenvalue weighted by molar-refractivity contribution is 0.101. The molecule has 4 aromatic carbocycles. The summed E-state index contributed by atoms with van der Waals surface area (Å²) in [6.45, 7) is 1.88. The summed E-state index contributed by atoms with van der Waals surface area (Å²) in [5.74, 6) is -1.79. The minimum atomic E-state index is -0.669. The number of amides is 2. The summed E-state index contributed by atoms with van der Waals surface area (Å²) < 4.78 is 34.1. The molecular weight excluding hydrogens is 438 g/mol. The molecule has 0 atom stereocenters. The lowest BCUT2D eigenvalue weighted by atomic mass is 10.1. The molecule has 0 unspecified atom stereocenters. The van der Waals surface area contributed by atoms with E-state index >= 15 is 0 Å². The number of halogens is 2. The average molecular weight is 458 g/mol. The molecular formula is C27H20F2N2O3. The Balaban J connectivity index is 1.66. The molecule has 0 spiro atoms. The van der Waals surface area contributed by atoms with E-state index < -0.39 is 23.4 Å². The van der Waals surface area contributed by atoms with Gasteiger partial charge in [0.15, 0.2) is 0 Å². The molecule has 0 aromatic heterocycles. The Hall–Kier alpha value is -4.52. The molecule has 4 rings (SSSR count). The molecule has 2 amide bonds. The van der Waals surface area contributed by atoms with Crippen LogP contribution in [0.5, 0.6) is 11.5 Å². The first-order valence-electron chi connectivity index (χ1n) is 10.4. The van der Waals surface area contributed by atoms with Crippen molar-refractivity contribution in [2.75, 3.05) is 10.6 Å². The van der Waals surface area contributed by atoms with Gasteiger partial charge in [-0.05, 0) is 48.9 Å². The van der Waals surface area contributed by atoms with Crippen molar-refractivity contribution in [1.29, 1.82) is 0 Å². The second-order valence-corrected chi connectivity index (χ2v) is 7.48. The summed E-state index contributed by atoms with van der Waals surface area (Å²) in [6, 6.07) is 23.1. The second kappa shape index (κ2) is 9.95. The number of ether oxygens (including phenoxy) is 1. The highest BCUT2D eigenvalue weighted by molar-refractivity contribution is 6.06. The number of anilines is 2. The van der Waals surface area contributed by atoms with Gasteiger partial charge in [-0.2, -0.15) is 0 Å². The van der Waals surface area contributed by atoms with Gasteiger partial charge < -0.3 is 15.4 Å². The molecule has 0 aliphatic carbocycles. The number of nitrogens with one attached hydrogen (secondary N) is 2. The average Bonchev–Trinajstić information content (AvgIpc) is 2.81. The zero-order chi connectivity index (χ0) is 24.1. The van der Waals surface area contributed by atoms with Gasteiger partial charge in [0.25, 0.3) is 11.8 Å². The van der Waals surface area contributed by atoms with Gasteiger partial charge in [-0.25, -0.2) is 8.78 Å². The predicted octanol–water partition coefficient (Wildman–Crippen LogP) is 6.57. The number of rotatable bonds is 6. The fourth-order valence-electron chi connectivity index (χ4n) is 3.29. The van der Waals surface area contributed by atoms with Gasteiger partial charge in [-0.1, -0.05) is 42.5 Å². The molecule has 0 fully saturated rings. The van der Waals surface area contributed by atoms with Crippen molar-refractivity contribution in [3.05, 3.63) is 119 Å². The van der Waals surface area contributed by atoms with Crippen molar-refractivity contribution in [3.63, 3.8) is 0 Å². The van der Waals surface area contributed by atoms with E-state index in [1.54, 1.807) is 30.3 Å². The maximum atomic E-state index is 14.1.